The monoisotopic (exact) mass is 344 g/mol. The molecule has 0 aromatic heterocycles. The van der Waals surface area contributed by atoms with Crippen LogP contribution in [0.25, 0.3) is 0 Å². The van der Waals surface area contributed by atoms with Crippen molar-refractivity contribution >= 4 is 23.2 Å². The van der Waals surface area contributed by atoms with E-state index in [0.717, 1.165) is 24.1 Å². The molecule has 3 rings (SSSR count). The Morgan fingerprint density at radius 1 is 1.33 bits per heavy atom. The molecule has 2 aromatic carbocycles. The maximum Gasteiger partial charge on any atom is 0.224 e. The molecule has 0 bridgehead atoms. The fourth-order valence-electron chi connectivity index (χ4n) is 3.00. The van der Waals surface area contributed by atoms with Gasteiger partial charge in [-0.25, -0.2) is 0 Å². The molecule has 0 radical (unpaired) electrons. The van der Waals surface area contributed by atoms with Crippen molar-refractivity contribution < 1.29 is 9.90 Å². The van der Waals surface area contributed by atoms with Gasteiger partial charge in [0.15, 0.2) is 0 Å². The summed E-state index contributed by atoms with van der Waals surface area (Å²) in [7, 11) is 2.07. The number of likely N-dealkylation sites (N-methyl/N-ethyl adjacent to an activating group) is 1. The zero-order chi connectivity index (χ0) is 17.1. The molecule has 4 nitrogen and oxygen atoms in total. The summed E-state index contributed by atoms with van der Waals surface area (Å²) in [5.74, 6) is -0.150. The minimum atomic E-state index is -0.712. The highest BCUT2D eigenvalue weighted by molar-refractivity contribution is 6.31. The van der Waals surface area contributed by atoms with Gasteiger partial charge >= 0.3 is 0 Å². The maximum absolute atomic E-state index is 12.0. The zero-order valence-electron chi connectivity index (χ0n) is 13.6. The van der Waals surface area contributed by atoms with Gasteiger partial charge in [-0.15, -0.1) is 0 Å². The van der Waals surface area contributed by atoms with Crippen molar-refractivity contribution in [1.29, 1.82) is 0 Å². The van der Waals surface area contributed by atoms with Crippen LogP contribution >= 0.6 is 11.6 Å². The molecule has 0 fully saturated rings. The molecule has 1 aliphatic heterocycles. The lowest BCUT2D eigenvalue weighted by Crippen LogP contribution is -2.29. The van der Waals surface area contributed by atoms with Crippen LogP contribution < -0.4 is 10.2 Å². The van der Waals surface area contributed by atoms with Gasteiger partial charge in [0.1, 0.15) is 0 Å². The van der Waals surface area contributed by atoms with Crippen molar-refractivity contribution in [2.24, 2.45) is 0 Å². The lowest BCUT2D eigenvalue weighted by atomic mass is 10.0. The number of carbonyl (C=O) groups excluding carboxylic acids is 1. The van der Waals surface area contributed by atoms with Crippen molar-refractivity contribution in [2.45, 2.75) is 18.9 Å². The average Bonchev–Trinajstić information content (AvgIpc) is 2.95. The number of amides is 1. The second-order valence-electron chi connectivity index (χ2n) is 6.15. The predicted octanol–water partition coefficient (Wildman–Crippen LogP) is 2.72. The van der Waals surface area contributed by atoms with Gasteiger partial charge in [-0.1, -0.05) is 41.9 Å². The largest absolute Gasteiger partial charge is 0.387 e. The van der Waals surface area contributed by atoms with Crippen LogP contribution in [0.1, 0.15) is 22.8 Å². The highest BCUT2D eigenvalue weighted by atomic mass is 35.5. The number of hydrogen-bond donors (Lipinski definition) is 2. The Labute approximate surface area is 147 Å². The third-order valence-electron chi connectivity index (χ3n) is 4.42. The van der Waals surface area contributed by atoms with Crippen molar-refractivity contribution in [2.75, 3.05) is 25.0 Å². The van der Waals surface area contributed by atoms with E-state index in [-0.39, 0.29) is 18.9 Å². The van der Waals surface area contributed by atoms with Crippen LogP contribution in [0.5, 0.6) is 0 Å². The molecular weight excluding hydrogens is 324 g/mol. The standard InChI is InChI=1S/C19H21ClN2O2/c1-22-9-8-14-10-15(6-7-17(14)22)18(23)12-21-19(24)11-13-4-2-3-5-16(13)20/h2-7,10,18,23H,8-9,11-12H2,1H3,(H,21,24). The lowest BCUT2D eigenvalue weighted by Gasteiger charge is -2.15. The van der Waals surface area contributed by atoms with E-state index in [9.17, 15) is 9.90 Å². The van der Waals surface area contributed by atoms with E-state index >= 15 is 0 Å². The van der Waals surface area contributed by atoms with Gasteiger partial charge in [0.25, 0.3) is 0 Å². The van der Waals surface area contributed by atoms with Crippen LogP contribution in [0.15, 0.2) is 42.5 Å². The normalized spacial score (nSPS) is 14.4. The van der Waals surface area contributed by atoms with Crippen molar-refractivity contribution in [3.8, 4) is 0 Å². The first kappa shape index (κ1) is 16.8. The van der Waals surface area contributed by atoms with Crippen molar-refractivity contribution in [3.63, 3.8) is 0 Å². The van der Waals surface area contributed by atoms with Crippen molar-refractivity contribution in [3.05, 3.63) is 64.2 Å². The van der Waals surface area contributed by atoms with E-state index in [1.807, 2.05) is 36.4 Å². The number of halogens is 1. The topological polar surface area (TPSA) is 52.6 Å². The van der Waals surface area contributed by atoms with Crippen LogP contribution in [-0.2, 0) is 17.6 Å². The average molecular weight is 345 g/mol. The van der Waals surface area contributed by atoms with E-state index in [2.05, 4.69) is 17.3 Å². The fourth-order valence-corrected chi connectivity index (χ4v) is 3.20. The highest BCUT2D eigenvalue weighted by Crippen LogP contribution is 2.29. The quantitative estimate of drug-likeness (QED) is 0.877. The molecule has 1 heterocycles. The Bertz CT molecular complexity index is 748. The fraction of sp³-hybridized carbons (Fsp3) is 0.316. The first-order valence-electron chi connectivity index (χ1n) is 8.06. The SMILES string of the molecule is CN1CCc2cc(C(O)CNC(=O)Cc3ccccc3Cl)ccc21. The van der Waals surface area contributed by atoms with E-state index in [1.165, 1.54) is 11.3 Å². The second-order valence-corrected chi connectivity index (χ2v) is 6.55. The molecule has 5 heteroatoms. The summed E-state index contributed by atoms with van der Waals surface area (Å²) >= 11 is 6.06. The van der Waals surface area contributed by atoms with Gasteiger partial charge in [-0.3, -0.25) is 4.79 Å². The molecule has 2 aromatic rings. The smallest absolute Gasteiger partial charge is 0.224 e. The summed E-state index contributed by atoms with van der Waals surface area (Å²) in [5.41, 5.74) is 4.08. The minimum absolute atomic E-state index is 0.150. The van der Waals surface area contributed by atoms with Gasteiger partial charge < -0.3 is 15.3 Å². The van der Waals surface area contributed by atoms with E-state index < -0.39 is 6.10 Å². The van der Waals surface area contributed by atoms with Crippen LogP contribution in [0.4, 0.5) is 5.69 Å². The van der Waals surface area contributed by atoms with Crippen LogP contribution in [0.2, 0.25) is 5.02 Å². The number of hydrogen-bond acceptors (Lipinski definition) is 3. The van der Waals surface area contributed by atoms with E-state index in [1.54, 1.807) is 6.07 Å². The third-order valence-corrected chi connectivity index (χ3v) is 4.79. The third kappa shape index (κ3) is 3.71. The number of aliphatic hydroxyl groups is 1. The molecule has 0 aliphatic carbocycles. The summed E-state index contributed by atoms with van der Waals surface area (Å²) in [4.78, 5) is 14.2. The molecule has 1 aliphatic rings. The molecule has 0 saturated carbocycles. The molecule has 0 saturated heterocycles. The van der Waals surface area contributed by atoms with Gasteiger partial charge in [0.2, 0.25) is 5.91 Å². The first-order chi connectivity index (χ1) is 11.5. The number of nitrogens with zero attached hydrogens (tertiary/aromatic N) is 1. The van der Waals surface area contributed by atoms with Gasteiger partial charge in [-0.05, 0) is 35.2 Å². The Morgan fingerprint density at radius 3 is 2.92 bits per heavy atom. The number of rotatable bonds is 5. The van der Waals surface area contributed by atoms with E-state index in [4.69, 9.17) is 11.6 Å². The van der Waals surface area contributed by atoms with Gasteiger partial charge in [-0.2, -0.15) is 0 Å². The number of fused-ring (bicyclic) bond motifs is 1. The molecule has 126 valence electrons. The molecule has 1 unspecified atom stereocenters. The summed E-state index contributed by atoms with van der Waals surface area (Å²) in [6.07, 6.45) is 0.489. The Balaban J connectivity index is 1.57. The lowest BCUT2D eigenvalue weighted by molar-refractivity contribution is -0.120. The Hall–Kier alpha value is -2.04. The number of benzene rings is 2. The summed E-state index contributed by atoms with van der Waals surface area (Å²) in [5, 5.41) is 13.7. The number of anilines is 1. The summed E-state index contributed by atoms with van der Waals surface area (Å²) in [6, 6.07) is 13.3. The summed E-state index contributed by atoms with van der Waals surface area (Å²) < 4.78 is 0. The van der Waals surface area contributed by atoms with Crippen molar-refractivity contribution in [1.82, 2.24) is 5.32 Å². The Kier molecular flexibility index (Phi) is 5.07. The number of carbonyl (C=O) groups is 1. The van der Waals surface area contributed by atoms with Crippen LogP contribution in [-0.4, -0.2) is 31.2 Å². The molecular formula is C19H21ClN2O2. The Morgan fingerprint density at radius 2 is 2.12 bits per heavy atom. The zero-order valence-corrected chi connectivity index (χ0v) is 14.4. The van der Waals surface area contributed by atoms with E-state index in [0.29, 0.717) is 5.02 Å². The van der Waals surface area contributed by atoms with Crippen LogP contribution in [0, 0.1) is 0 Å². The maximum atomic E-state index is 12.0. The highest BCUT2D eigenvalue weighted by Gasteiger charge is 2.18. The second kappa shape index (κ2) is 7.24. The van der Waals surface area contributed by atoms with Gasteiger partial charge in [0.05, 0.1) is 12.5 Å². The molecule has 24 heavy (non-hydrogen) atoms. The number of nitrogens with one attached hydrogen (secondary N) is 1. The van der Waals surface area contributed by atoms with Crippen LogP contribution in [0.3, 0.4) is 0 Å². The molecule has 0 spiro atoms. The minimum Gasteiger partial charge on any atom is -0.387 e. The van der Waals surface area contributed by atoms with Gasteiger partial charge in [0, 0.05) is 30.8 Å². The molecule has 1 amide bonds. The number of aliphatic hydroxyl groups excluding tert-OH is 1. The summed E-state index contributed by atoms with van der Waals surface area (Å²) in [6.45, 7) is 1.20. The molecule has 2 N–H and O–H groups in total. The molecule has 1 atom stereocenters. The predicted molar refractivity (Wildman–Crippen MR) is 96.5 cm³/mol. The first-order valence-corrected chi connectivity index (χ1v) is 8.44.